The third-order valence-electron chi connectivity index (χ3n) is 7.21. The number of amides is 4. The lowest BCUT2D eigenvalue weighted by Gasteiger charge is -2.36. The number of likely N-dealkylation sites (tertiary alicyclic amines) is 1. The number of aryl methyl sites for hydroxylation is 1. The Morgan fingerprint density at radius 1 is 1.08 bits per heavy atom. The van der Waals surface area contributed by atoms with Crippen molar-refractivity contribution in [2.75, 3.05) is 13.6 Å². The van der Waals surface area contributed by atoms with E-state index < -0.39 is 23.5 Å². The zero-order valence-corrected chi connectivity index (χ0v) is 22.3. The Labute approximate surface area is 214 Å². The van der Waals surface area contributed by atoms with E-state index in [0.717, 1.165) is 24.8 Å². The molecule has 9 nitrogen and oxygen atoms in total. The van der Waals surface area contributed by atoms with Crippen LogP contribution in [0.3, 0.4) is 0 Å². The molecular weight excluding hydrogens is 458 g/mol. The van der Waals surface area contributed by atoms with Crippen LogP contribution in [0.25, 0.3) is 0 Å². The minimum absolute atomic E-state index is 0.117. The van der Waals surface area contributed by atoms with Crippen LogP contribution in [0, 0.1) is 5.41 Å². The first-order chi connectivity index (χ1) is 16.9. The highest BCUT2D eigenvalue weighted by atomic mass is 16.2. The molecule has 1 aliphatic carbocycles. The van der Waals surface area contributed by atoms with Crippen molar-refractivity contribution in [3.8, 4) is 0 Å². The van der Waals surface area contributed by atoms with Crippen molar-refractivity contribution in [2.45, 2.75) is 90.5 Å². The van der Waals surface area contributed by atoms with Gasteiger partial charge in [0.05, 0.1) is 12.1 Å². The fourth-order valence-corrected chi connectivity index (χ4v) is 5.10. The lowest BCUT2D eigenvalue weighted by molar-refractivity contribution is -0.144. The summed E-state index contributed by atoms with van der Waals surface area (Å²) in [5, 5.41) is 11.8. The number of nitrogens with zero attached hydrogens (tertiary/aromatic N) is 1. The second-order valence-corrected chi connectivity index (χ2v) is 11.1. The van der Waals surface area contributed by atoms with Gasteiger partial charge in [0.15, 0.2) is 0 Å². The number of nitrogens with one attached hydrogen (secondary N) is 4. The molecule has 0 saturated carbocycles. The van der Waals surface area contributed by atoms with Gasteiger partial charge in [0.25, 0.3) is 0 Å². The number of likely N-dealkylation sites (N-methyl/N-ethyl adjacent to an activating group) is 1. The second kappa shape index (κ2) is 11.4. The summed E-state index contributed by atoms with van der Waals surface area (Å²) in [4.78, 5) is 53.5. The van der Waals surface area contributed by atoms with Crippen molar-refractivity contribution in [3.63, 3.8) is 0 Å². The molecule has 0 unspecified atom stereocenters. The molecule has 0 radical (unpaired) electrons. The van der Waals surface area contributed by atoms with Gasteiger partial charge in [-0.05, 0) is 56.2 Å². The van der Waals surface area contributed by atoms with Gasteiger partial charge >= 0.3 is 0 Å². The number of rotatable bonds is 7. The Bertz CT molecular complexity index is 989. The molecular formula is C27H41N5O4. The molecule has 9 heteroatoms. The van der Waals surface area contributed by atoms with Crippen LogP contribution in [0.4, 0.5) is 0 Å². The molecule has 3 rings (SSSR count). The predicted molar refractivity (Wildman–Crippen MR) is 138 cm³/mol. The molecule has 36 heavy (non-hydrogen) atoms. The van der Waals surface area contributed by atoms with Gasteiger partial charge in [-0.25, -0.2) is 0 Å². The molecule has 1 heterocycles. The number of carbonyl (C=O) groups is 4. The van der Waals surface area contributed by atoms with Gasteiger partial charge in [-0.3, -0.25) is 19.2 Å². The van der Waals surface area contributed by atoms with Gasteiger partial charge in [-0.15, -0.1) is 0 Å². The van der Waals surface area contributed by atoms with E-state index in [2.05, 4.69) is 27.3 Å². The highest BCUT2D eigenvalue weighted by molar-refractivity contribution is 5.94. The zero-order chi connectivity index (χ0) is 26.6. The van der Waals surface area contributed by atoms with E-state index in [1.165, 1.54) is 17.4 Å². The molecule has 0 bridgehead atoms. The van der Waals surface area contributed by atoms with Gasteiger partial charge < -0.3 is 26.2 Å². The first kappa shape index (κ1) is 27.6. The molecule has 0 aromatic heterocycles. The fourth-order valence-electron chi connectivity index (χ4n) is 5.10. The number of benzene rings is 1. The highest BCUT2D eigenvalue weighted by Gasteiger charge is 2.45. The van der Waals surface area contributed by atoms with Gasteiger partial charge in [-0.2, -0.15) is 0 Å². The minimum Gasteiger partial charge on any atom is -0.352 e. The molecule has 5 atom stereocenters. The van der Waals surface area contributed by atoms with E-state index in [4.69, 9.17) is 0 Å². The Kier molecular flexibility index (Phi) is 8.76. The summed E-state index contributed by atoms with van der Waals surface area (Å²) in [5.74, 6) is -1.06. The average molecular weight is 500 g/mol. The summed E-state index contributed by atoms with van der Waals surface area (Å²) >= 11 is 0. The standard InChI is InChI=1S/C27H41N5O4/c1-16(28-6)24(34)31-23(27(3,4)5)26(36)32-15-19(29-17(2)33)14-22(32)25(35)30-21-13-9-11-18-10-7-8-12-20(18)21/h7-8,10,12,16,19,21-23,28H,9,11,13-15H2,1-6H3,(H,29,33)(H,30,35)(H,31,34)/t16-,19+,21+,22-,23+/m0/s1. The second-order valence-electron chi connectivity index (χ2n) is 11.1. The summed E-state index contributed by atoms with van der Waals surface area (Å²) in [6.07, 6.45) is 3.12. The van der Waals surface area contributed by atoms with Crippen LogP contribution >= 0.6 is 0 Å². The van der Waals surface area contributed by atoms with E-state index in [1.54, 1.807) is 14.0 Å². The summed E-state index contributed by atoms with van der Waals surface area (Å²) < 4.78 is 0. The Hall–Kier alpha value is -2.94. The molecule has 4 N–H and O–H groups in total. The molecule has 2 aliphatic rings. The van der Waals surface area contributed by atoms with E-state index >= 15 is 0 Å². The molecule has 1 aliphatic heterocycles. The van der Waals surface area contributed by atoms with E-state index in [-0.39, 0.29) is 42.3 Å². The Morgan fingerprint density at radius 3 is 2.42 bits per heavy atom. The lowest BCUT2D eigenvalue weighted by atomic mass is 9.85. The van der Waals surface area contributed by atoms with Crippen molar-refractivity contribution in [1.82, 2.24) is 26.2 Å². The van der Waals surface area contributed by atoms with Crippen LogP contribution in [0.1, 0.15) is 71.0 Å². The summed E-state index contributed by atoms with van der Waals surface area (Å²) in [6.45, 7) is 9.01. The van der Waals surface area contributed by atoms with Crippen molar-refractivity contribution >= 4 is 23.6 Å². The van der Waals surface area contributed by atoms with Gasteiger partial charge in [-0.1, -0.05) is 45.0 Å². The molecule has 0 spiro atoms. The fraction of sp³-hybridized carbons (Fsp3) is 0.630. The van der Waals surface area contributed by atoms with Crippen molar-refractivity contribution in [3.05, 3.63) is 35.4 Å². The monoisotopic (exact) mass is 499 g/mol. The van der Waals surface area contributed by atoms with E-state index in [1.807, 2.05) is 39.0 Å². The van der Waals surface area contributed by atoms with Gasteiger partial charge in [0.2, 0.25) is 23.6 Å². The van der Waals surface area contributed by atoms with E-state index in [0.29, 0.717) is 6.42 Å². The zero-order valence-electron chi connectivity index (χ0n) is 22.3. The Balaban J connectivity index is 1.85. The largest absolute Gasteiger partial charge is 0.352 e. The van der Waals surface area contributed by atoms with Gasteiger partial charge in [0, 0.05) is 19.5 Å². The topological polar surface area (TPSA) is 120 Å². The van der Waals surface area contributed by atoms with Crippen LogP contribution in [0.5, 0.6) is 0 Å². The molecule has 1 fully saturated rings. The highest BCUT2D eigenvalue weighted by Crippen LogP contribution is 2.31. The van der Waals surface area contributed by atoms with Crippen LogP contribution in [-0.4, -0.2) is 66.3 Å². The smallest absolute Gasteiger partial charge is 0.246 e. The third kappa shape index (κ3) is 6.43. The van der Waals surface area contributed by atoms with Crippen LogP contribution < -0.4 is 21.3 Å². The lowest BCUT2D eigenvalue weighted by Crippen LogP contribution is -2.59. The molecule has 1 saturated heterocycles. The third-order valence-corrected chi connectivity index (χ3v) is 7.21. The molecule has 4 amide bonds. The molecule has 198 valence electrons. The maximum Gasteiger partial charge on any atom is 0.246 e. The first-order valence-electron chi connectivity index (χ1n) is 12.9. The first-order valence-corrected chi connectivity index (χ1v) is 12.9. The van der Waals surface area contributed by atoms with Crippen LogP contribution in [0.15, 0.2) is 24.3 Å². The van der Waals surface area contributed by atoms with Crippen molar-refractivity contribution < 1.29 is 19.2 Å². The minimum atomic E-state index is -0.831. The summed E-state index contributed by atoms with van der Waals surface area (Å²) in [5.41, 5.74) is 1.77. The molecule has 1 aromatic rings. The van der Waals surface area contributed by atoms with E-state index in [9.17, 15) is 19.2 Å². The quantitative estimate of drug-likeness (QED) is 0.452. The number of hydrogen-bond acceptors (Lipinski definition) is 5. The SMILES string of the molecule is CN[C@@H](C)C(=O)N[C@H](C(=O)N1C[C@H](NC(C)=O)C[C@H]1C(=O)N[C@@H]1CCCc2ccccc21)C(C)(C)C. The van der Waals surface area contributed by atoms with Crippen LogP contribution in [0.2, 0.25) is 0 Å². The maximum absolute atomic E-state index is 13.9. The average Bonchev–Trinajstić information content (AvgIpc) is 3.24. The van der Waals surface area contributed by atoms with Crippen molar-refractivity contribution in [1.29, 1.82) is 0 Å². The summed E-state index contributed by atoms with van der Waals surface area (Å²) in [6, 6.07) is 5.62. The number of carbonyl (C=O) groups excluding carboxylic acids is 4. The number of hydrogen-bond donors (Lipinski definition) is 4. The number of fused-ring (bicyclic) bond motifs is 1. The Morgan fingerprint density at radius 2 is 1.78 bits per heavy atom. The maximum atomic E-state index is 13.9. The van der Waals surface area contributed by atoms with Gasteiger partial charge in [0.1, 0.15) is 12.1 Å². The predicted octanol–water partition coefficient (Wildman–Crippen LogP) is 1.42. The van der Waals surface area contributed by atoms with Crippen LogP contribution in [-0.2, 0) is 25.6 Å². The molecule has 1 aromatic carbocycles. The van der Waals surface area contributed by atoms with Crippen molar-refractivity contribution in [2.24, 2.45) is 5.41 Å². The normalized spacial score (nSPS) is 23.3. The summed E-state index contributed by atoms with van der Waals surface area (Å²) in [7, 11) is 1.68.